The number of rotatable bonds is 5. The molecule has 0 bridgehead atoms. The fraction of sp³-hybridized carbons (Fsp3) is 0.875. The molecule has 1 aliphatic rings. The van der Waals surface area contributed by atoms with Crippen LogP contribution < -0.4 is 10.6 Å². The molecule has 0 saturated carbocycles. The van der Waals surface area contributed by atoms with E-state index in [1.807, 2.05) is 32.7 Å². The Kier molecular flexibility index (Phi) is 7.28. The number of hydrogen-bond donors (Lipinski definition) is 2. The molecule has 0 aromatic carbocycles. The second-order valence-electron chi connectivity index (χ2n) is 7.05. The molecule has 0 spiro atoms. The lowest BCUT2D eigenvalue weighted by Gasteiger charge is -2.37. The van der Waals surface area contributed by atoms with E-state index in [4.69, 9.17) is 9.47 Å². The zero-order valence-electron chi connectivity index (χ0n) is 15.4. The van der Waals surface area contributed by atoms with Crippen molar-refractivity contribution in [1.29, 1.82) is 0 Å². The van der Waals surface area contributed by atoms with E-state index in [-0.39, 0.29) is 23.6 Å². The summed E-state index contributed by atoms with van der Waals surface area (Å²) in [6.07, 6.45) is 1.70. The number of ether oxygens (including phenoxy) is 2. The second kappa shape index (κ2) is 8.49. The van der Waals surface area contributed by atoms with Crippen molar-refractivity contribution >= 4 is 11.9 Å². The first-order valence-electron chi connectivity index (χ1n) is 8.07. The first-order chi connectivity index (χ1) is 10.7. The van der Waals surface area contributed by atoms with E-state index in [0.29, 0.717) is 25.7 Å². The summed E-state index contributed by atoms with van der Waals surface area (Å²) in [4.78, 5) is 18.1. The summed E-state index contributed by atoms with van der Waals surface area (Å²) >= 11 is 0. The van der Waals surface area contributed by atoms with Crippen LogP contribution in [0.1, 0.15) is 33.6 Å². The van der Waals surface area contributed by atoms with Crippen LogP contribution in [-0.4, -0.2) is 75.4 Å². The first-order valence-corrected chi connectivity index (χ1v) is 8.07. The number of likely N-dealkylation sites (N-methyl/N-ethyl adjacent to an activating group) is 1. The molecule has 23 heavy (non-hydrogen) atoms. The van der Waals surface area contributed by atoms with Crippen LogP contribution in [0, 0.1) is 0 Å². The average molecular weight is 328 g/mol. The van der Waals surface area contributed by atoms with Gasteiger partial charge in [-0.05, 0) is 20.8 Å². The fourth-order valence-electron chi connectivity index (χ4n) is 2.57. The van der Waals surface area contributed by atoms with Crippen molar-refractivity contribution in [2.24, 2.45) is 4.99 Å². The minimum Gasteiger partial charge on any atom is -0.381 e. The van der Waals surface area contributed by atoms with E-state index >= 15 is 0 Å². The Morgan fingerprint density at radius 2 is 1.96 bits per heavy atom. The van der Waals surface area contributed by atoms with Crippen molar-refractivity contribution in [2.45, 2.75) is 44.8 Å². The molecule has 0 aliphatic carbocycles. The lowest BCUT2D eigenvalue weighted by atomic mass is 9.94. The molecular formula is C16H32N4O3. The molecular weight excluding hydrogens is 296 g/mol. The van der Waals surface area contributed by atoms with E-state index in [0.717, 1.165) is 12.8 Å². The molecule has 7 heteroatoms. The maximum Gasteiger partial charge on any atom is 0.240 e. The van der Waals surface area contributed by atoms with Crippen molar-refractivity contribution in [3.8, 4) is 0 Å². The Morgan fingerprint density at radius 3 is 2.43 bits per heavy atom. The molecule has 2 N–H and O–H groups in total. The van der Waals surface area contributed by atoms with Crippen LogP contribution in [0.5, 0.6) is 0 Å². The summed E-state index contributed by atoms with van der Waals surface area (Å²) in [6.45, 7) is 8.20. The highest BCUT2D eigenvalue weighted by Crippen LogP contribution is 2.23. The van der Waals surface area contributed by atoms with E-state index in [9.17, 15) is 4.79 Å². The zero-order valence-corrected chi connectivity index (χ0v) is 15.4. The van der Waals surface area contributed by atoms with Crippen molar-refractivity contribution in [3.63, 3.8) is 0 Å². The van der Waals surface area contributed by atoms with Gasteiger partial charge in [-0.25, -0.2) is 0 Å². The SMILES string of the molecule is CN=C(NCC1(OC)CCOCC1)N(C)CC(=O)NC(C)(C)C. The van der Waals surface area contributed by atoms with Crippen molar-refractivity contribution in [2.75, 3.05) is 47.5 Å². The number of guanidine groups is 1. The summed E-state index contributed by atoms with van der Waals surface area (Å²) in [5.41, 5.74) is -0.472. The van der Waals surface area contributed by atoms with Gasteiger partial charge in [0.15, 0.2) is 5.96 Å². The number of nitrogens with one attached hydrogen (secondary N) is 2. The van der Waals surface area contributed by atoms with Gasteiger partial charge in [-0.15, -0.1) is 0 Å². The van der Waals surface area contributed by atoms with Gasteiger partial charge < -0.3 is 25.0 Å². The maximum absolute atomic E-state index is 12.0. The average Bonchev–Trinajstić information content (AvgIpc) is 2.46. The summed E-state index contributed by atoms with van der Waals surface area (Å²) in [7, 11) is 5.29. The molecule has 0 atom stereocenters. The number of carbonyl (C=O) groups excluding carboxylic acids is 1. The smallest absolute Gasteiger partial charge is 0.240 e. The maximum atomic E-state index is 12.0. The zero-order chi connectivity index (χ0) is 17.5. The minimum absolute atomic E-state index is 0.0320. The molecule has 1 rings (SSSR count). The highest BCUT2D eigenvalue weighted by atomic mass is 16.5. The topological polar surface area (TPSA) is 75.2 Å². The van der Waals surface area contributed by atoms with Crippen molar-refractivity contribution in [1.82, 2.24) is 15.5 Å². The van der Waals surface area contributed by atoms with Crippen LogP contribution >= 0.6 is 0 Å². The number of hydrogen-bond acceptors (Lipinski definition) is 4. The summed E-state index contributed by atoms with van der Waals surface area (Å²) in [5, 5.41) is 6.26. The second-order valence-corrected chi connectivity index (χ2v) is 7.05. The van der Waals surface area contributed by atoms with Crippen LogP contribution in [0.2, 0.25) is 0 Å². The van der Waals surface area contributed by atoms with Gasteiger partial charge in [-0.3, -0.25) is 9.79 Å². The molecule has 1 amide bonds. The molecule has 1 heterocycles. The third-order valence-corrected chi connectivity index (χ3v) is 3.87. The summed E-state index contributed by atoms with van der Waals surface area (Å²) in [6, 6.07) is 0. The van der Waals surface area contributed by atoms with Gasteiger partial charge in [0.05, 0.1) is 12.1 Å². The van der Waals surface area contributed by atoms with E-state index in [2.05, 4.69) is 15.6 Å². The molecule has 0 unspecified atom stereocenters. The predicted molar refractivity (Wildman–Crippen MR) is 91.7 cm³/mol. The van der Waals surface area contributed by atoms with Gasteiger partial charge in [-0.2, -0.15) is 0 Å². The molecule has 0 radical (unpaired) electrons. The van der Waals surface area contributed by atoms with Gasteiger partial charge >= 0.3 is 0 Å². The lowest BCUT2D eigenvalue weighted by Crippen LogP contribution is -2.53. The number of carbonyl (C=O) groups is 1. The van der Waals surface area contributed by atoms with Crippen LogP contribution in [0.3, 0.4) is 0 Å². The Labute approximate surface area is 139 Å². The predicted octanol–water partition coefficient (Wildman–Crippen LogP) is 0.604. The monoisotopic (exact) mass is 328 g/mol. The van der Waals surface area contributed by atoms with Gasteiger partial charge in [0, 0.05) is 59.3 Å². The quantitative estimate of drug-likeness (QED) is 0.571. The Bertz CT molecular complexity index is 412. The largest absolute Gasteiger partial charge is 0.381 e. The molecule has 7 nitrogen and oxygen atoms in total. The minimum atomic E-state index is -0.239. The number of methoxy groups -OCH3 is 1. The number of nitrogens with zero attached hydrogens (tertiary/aromatic N) is 2. The molecule has 0 aromatic rings. The third-order valence-electron chi connectivity index (χ3n) is 3.87. The highest BCUT2D eigenvalue weighted by Gasteiger charge is 2.33. The summed E-state index contributed by atoms with van der Waals surface area (Å²) < 4.78 is 11.1. The molecule has 1 aliphatic heterocycles. The van der Waals surface area contributed by atoms with E-state index in [1.54, 1.807) is 14.2 Å². The fourth-order valence-corrected chi connectivity index (χ4v) is 2.57. The molecule has 0 aromatic heterocycles. The van der Waals surface area contributed by atoms with E-state index in [1.165, 1.54) is 0 Å². The van der Waals surface area contributed by atoms with Crippen LogP contribution in [0.15, 0.2) is 4.99 Å². The van der Waals surface area contributed by atoms with Crippen molar-refractivity contribution < 1.29 is 14.3 Å². The van der Waals surface area contributed by atoms with E-state index < -0.39 is 0 Å². The molecule has 1 saturated heterocycles. The molecule has 1 fully saturated rings. The van der Waals surface area contributed by atoms with Crippen LogP contribution in [0.25, 0.3) is 0 Å². The lowest BCUT2D eigenvalue weighted by molar-refractivity contribution is -0.122. The molecule has 134 valence electrons. The summed E-state index contributed by atoms with van der Waals surface area (Å²) in [5.74, 6) is 0.646. The Morgan fingerprint density at radius 1 is 1.35 bits per heavy atom. The van der Waals surface area contributed by atoms with Gasteiger partial charge in [-0.1, -0.05) is 0 Å². The number of aliphatic imine (C=N–C) groups is 1. The Hall–Kier alpha value is -1.34. The number of amides is 1. The highest BCUT2D eigenvalue weighted by molar-refractivity contribution is 5.86. The van der Waals surface area contributed by atoms with Crippen LogP contribution in [0.4, 0.5) is 0 Å². The normalized spacial score (nSPS) is 18.4. The standard InChI is InChI=1S/C16H32N4O3/c1-15(2,3)19-13(21)11-20(5)14(17-4)18-12-16(22-6)7-9-23-10-8-16/h7-12H2,1-6H3,(H,17,18)(H,19,21). The third kappa shape index (κ3) is 6.74. The Balaban J connectivity index is 2.54. The van der Waals surface area contributed by atoms with Crippen LogP contribution in [-0.2, 0) is 14.3 Å². The first kappa shape index (κ1) is 19.7. The van der Waals surface area contributed by atoms with Gasteiger partial charge in [0.1, 0.15) is 0 Å². The van der Waals surface area contributed by atoms with Crippen molar-refractivity contribution in [3.05, 3.63) is 0 Å². The van der Waals surface area contributed by atoms with Gasteiger partial charge in [0.2, 0.25) is 5.91 Å². The van der Waals surface area contributed by atoms with Gasteiger partial charge in [0.25, 0.3) is 0 Å².